The topological polar surface area (TPSA) is 46.3 Å². The lowest BCUT2D eigenvalue weighted by atomic mass is 10.3. The average molecular weight is 222 g/mol. The first-order chi connectivity index (χ1) is 7.27. The van der Waals surface area contributed by atoms with Crippen LogP contribution in [0.4, 0.5) is 0 Å². The van der Waals surface area contributed by atoms with Gasteiger partial charge in [-0.2, -0.15) is 0 Å². The molecule has 0 bridgehead atoms. The van der Waals surface area contributed by atoms with Gasteiger partial charge in [0.1, 0.15) is 5.69 Å². The zero-order valence-corrected chi connectivity index (χ0v) is 9.03. The highest BCUT2D eigenvalue weighted by atomic mass is 32.1. The number of hydrogen-bond donors (Lipinski definition) is 0. The van der Waals surface area contributed by atoms with Crippen LogP contribution in [0.15, 0.2) is 33.9 Å². The smallest absolute Gasteiger partial charge is 0.273 e. The molecule has 0 saturated carbocycles. The molecule has 78 valence electrons. The predicted octanol–water partition coefficient (Wildman–Crippen LogP) is 2.01. The number of rotatable bonds is 3. The van der Waals surface area contributed by atoms with Crippen molar-refractivity contribution in [3.8, 4) is 0 Å². The SMILES string of the molecule is CN(Cc1ccoc1)C(=O)c1cscn1. The molecule has 0 unspecified atom stereocenters. The van der Waals surface area contributed by atoms with Crippen molar-refractivity contribution < 1.29 is 9.21 Å². The molecule has 15 heavy (non-hydrogen) atoms. The van der Waals surface area contributed by atoms with Crippen LogP contribution >= 0.6 is 11.3 Å². The average Bonchev–Trinajstić information content (AvgIpc) is 2.88. The highest BCUT2D eigenvalue weighted by Gasteiger charge is 2.13. The van der Waals surface area contributed by atoms with Crippen LogP contribution in [-0.2, 0) is 6.54 Å². The van der Waals surface area contributed by atoms with Crippen molar-refractivity contribution in [3.05, 3.63) is 40.7 Å². The van der Waals surface area contributed by atoms with E-state index in [1.165, 1.54) is 11.3 Å². The summed E-state index contributed by atoms with van der Waals surface area (Å²) < 4.78 is 4.93. The third-order valence-electron chi connectivity index (χ3n) is 2.00. The number of aromatic nitrogens is 1. The number of thiazole rings is 1. The minimum absolute atomic E-state index is 0.0718. The Labute approximate surface area is 91.2 Å². The quantitative estimate of drug-likeness (QED) is 0.798. The van der Waals surface area contributed by atoms with Crippen LogP contribution in [0.2, 0.25) is 0 Å². The van der Waals surface area contributed by atoms with Gasteiger partial charge >= 0.3 is 0 Å². The van der Waals surface area contributed by atoms with Gasteiger partial charge in [-0.3, -0.25) is 4.79 Å². The van der Waals surface area contributed by atoms with Crippen LogP contribution in [0.3, 0.4) is 0 Å². The fraction of sp³-hybridized carbons (Fsp3) is 0.200. The van der Waals surface area contributed by atoms with Gasteiger partial charge in [-0.1, -0.05) is 0 Å². The second-order valence-electron chi connectivity index (χ2n) is 3.17. The molecule has 0 N–H and O–H groups in total. The third-order valence-corrected chi connectivity index (χ3v) is 2.58. The summed E-state index contributed by atoms with van der Waals surface area (Å²) in [5.41, 5.74) is 3.12. The Morgan fingerprint density at radius 1 is 1.67 bits per heavy atom. The summed E-state index contributed by atoms with van der Waals surface area (Å²) in [7, 11) is 1.74. The number of hydrogen-bond acceptors (Lipinski definition) is 4. The summed E-state index contributed by atoms with van der Waals surface area (Å²) in [5.74, 6) is -0.0718. The highest BCUT2D eigenvalue weighted by Crippen LogP contribution is 2.08. The Morgan fingerprint density at radius 3 is 3.13 bits per heavy atom. The zero-order chi connectivity index (χ0) is 10.7. The Morgan fingerprint density at radius 2 is 2.53 bits per heavy atom. The van der Waals surface area contributed by atoms with Gasteiger partial charge in [-0.15, -0.1) is 11.3 Å². The number of carbonyl (C=O) groups excluding carboxylic acids is 1. The molecule has 2 aromatic heterocycles. The Hall–Kier alpha value is -1.62. The fourth-order valence-electron chi connectivity index (χ4n) is 1.24. The summed E-state index contributed by atoms with van der Waals surface area (Å²) in [4.78, 5) is 17.4. The summed E-state index contributed by atoms with van der Waals surface area (Å²) in [6, 6.07) is 1.84. The molecule has 0 aliphatic carbocycles. The fourth-order valence-corrected chi connectivity index (χ4v) is 1.77. The lowest BCUT2D eigenvalue weighted by molar-refractivity contribution is 0.0780. The lowest BCUT2D eigenvalue weighted by Crippen LogP contribution is -2.26. The molecule has 0 atom stereocenters. The lowest BCUT2D eigenvalue weighted by Gasteiger charge is -2.14. The van der Waals surface area contributed by atoms with Crippen LogP contribution in [0.25, 0.3) is 0 Å². The van der Waals surface area contributed by atoms with Crippen LogP contribution in [0.5, 0.6) is 0 Å². The van der Waals surface area contributed by atoms with Crippen LogP contribution in [0.1, 0.15) is 16.1 Å². The van der Waals surface area contributed by atoms with E-state index in [4.69, 9.17) is 4.42 Å². The molecule has 5 heteroatoms. The highest BCUT2D eigenvalue weighted by molar-refractivity contribution is 7.07. The van der Waals surface area contributed by atoms with E-state index >= 15 is 0 Å². The van der Waals surface area contributed by atoms with Crippen LogP contribution in [0, 0.1) is 0 Å². The molecule has 0 radical (unpaired) electrons. The summed E-state index contributed by atoms with van der Waals surface area (Å²) >= 11 is 1.42. The van der Waals surface area contributed by atoms with E-state index < -0.39 is 0 Å². The molecule has 0 spiro atoms. The molecule has 0 aliphatic rings. The van der Waals surface area contributed by atoms with Crippen molar-refractivity contribution >= 4 is 17.2 Å². The van der Waals surface area contributed by atoms with E-state index in [0.29, 0.717) is 12.2 Å². The standard InChI is InChI=1S/C10H10N2O2S/c1-12(4-8-2-3-14-5-8)10(13)9-6-15-7-11-9/h2-3,5-7H,4H2,1H3. The second-order valence-corrected chi connectivity index (χ2v) is 3.89. The molecular weight excluding hydrogens is 212 g/mol. The van der Waals surface area contributed by atoms with E-state index in [0.717, 1.165) is 5.56 Å². The number of furan rings is 1. The van der Waals surface area contributed by atoms with Crippen molar-refractivity contribution in [3.63, 3.8) is 0 Å². The summed E-state index contributed by atoms with van der Waals surface area (Å²) in [6.07, 6.45) is 3.22. The van der Waals surface area contributed by atoms with Gasteiger partial charge < -0.3 is 9.32 Å². The van der Waals surface area contributed by atoms with Crippen molar-refractivity contribution in [1.82, 2.24) is 9.88 Å². The maximum atomic E-state index is 11.8. The van der Waals surface area contributed by atoms with Crippen molar-refractivity contribution in [2.75, 3.05) is 7.05 Å². The second kappa shape index (κ2) is 4.27. The van der Waals surface area contributed by atoms with Crippen molar-refractivity contribution in [1.29, 1.82) is 0 Å². The van der Waals surface area contributed by atoms with E-state index in [9.17, 15) is 4.79 Å². The molecule has 2 aromatic rings. The monoisotopic (exact) mass is 222 g/mol. The molecule has 0 aromatic carbocycles. The van der Waals surface area contributed by atoms with Gasteiger partial charge in [-0.25, -0.2) is 4.98 Å². The Balaban J connectivity index is 2.03. The summed E-state index contributed by atoms with van der Waals surface area (Å²) in [6.45, 7) is 0.535. The van der Waals surface area contributed by atoms with Gasteiger partial charge in [-0.05, 0) is 6.07 Å². The minimum atomic E-state index is -0.0718. The number of carbonyl (C=O) groups is 1. The first-order valence-corrected chi connectivity index (χ1v) is 5.36. The van der Waals surface area contributed by atoms with Gasteiger partial charge in [0.2, 0.25) is 0 Å². The summed E-state index contributed by atoms with van der Waals surface area (Å²) in [5, 5.41) is 1.74. The minimum Gasteiger partial charge on any atom is -0.472 e. The van der Waals surface area contributed by atoms with Crippen LogP contribution in [-0.4, -0.2) is 22.8 Å². The number of amides is 1. The first-order valence-electron chi connectivity index (χ1n) is 4.42. The van der Waals surface area contributed by atoms with Gasteiger partial charge in [0.05, 0.1) is 18.0 Å². The third kappa shape index (κ3) is 2.24. The zero-order valence-electron chi connectivity index (χ0n) is 8.21. The Bertz CT molecular complexity index is 422. The van der Waals surface area contributed by atoms with Crippen LogP contribution < -0.4 is 0 Å². The molecule has 1 amide bonds. The van der Waals surface area contributed by atoms with Gasteiger partial charge in [0.25, 0.3) is 5.91 Å². The van der Waals surface area contributed by atoms with Crippen molar-refractivity contribution in [2.24, 2.45) is 0 Å². The van der Waals surface area contributed by atoms with E-state index in [2.05, 4.69) is 4.98 Å². The van der Waals surface area contributed by atoms with E-state index in [1.807, 2.05) is 6.07 Å². The van der Waals surface area contributed by atoms with Gasteiger partial charge in [0.15, 0.2) is 0 Å². The molecule has 2 heterocycles. The maximum absolute atomic E-state index is 11.8. The molecule has 0 aliphatic heterocycles. The molecule has 0 saturated heterocycles. The van der Waals surface area contributed by atoms with E-state index in [1.54, 1.807) is 35.4 Å². The first kappa shape index (κ1) is 9.92. The molecule has 0 fully saturated rings. The predicted molar refractivity (Wildman–Crippen MR) is 56.6 cm³/mol. The largest absolute Gasteiger partial charge is 0.472 e. The normalized spacial score (nSPS) is 10.2. The Kier molecular flexibility index (Phi) is 2.82. The molecular formula is C10H10N2O2S. The molecule has 2 rings (SSSR count). The molecule has 4 nitrogen and oxygen atoms in total. The van der Waals surface area contributed by atoms with Gasteiger partial charge in [0, 0.05) is 24.5 Å². The number of nitrogens with zero attached hydrogens (tertiary/aromatic N) is 2. The van der Waals surface area contributed by atoms with Crippen molar-refractivity contribution in [2.45, 2.75) is 6.54 Å². The van der Waals surface area contributed by atoms with E-state index in [-0.39, 0.29) is 5.91 Å². The maximum Gasteiger partial charge on any atom is 0.273 e.